The fraction of sp³-hybridized carbons (Fsp3) is 0.526. The lowest BCUT2D eigenvalue weighted by atomic mass is 10.0. The van der Waals surface area contributed by atoms with Gasteiger partial charge in [-0.25, -0.2) is 0 Å². The number of aliphatic carboxylic acids is 1. The number of aryl methyl sites for hydroxylation is 1. The number of carbonyl (C=O) groups excluding carboxylic acids is 2. The lowest BCUT2D eigenvalue weighted by Crippen LogP contribution is -2.49. The molecule has 1 aromatic rings. The maximum absolute atomic E-state index is 12.7. The van der Waals surface area contributed by atoms with Gasteiger partial charge in [-0.15, -0.1) is 0 Å². The molecule has 0 heterocycles. The molecule has 1 rings (SSSR count). The Balaban J connectivity index is 2.89. The number of hydrogen-bond donors (Lipinski definition) is 2. The van der Waals surface area contributed by atoms with Gasteiger partial charge in [0, 0.05) is 19.2 Å². The van der Waals surface area contributed by atoms with Crippen LogP contribution < -0.4 is 5.32 Å². The molecule has 0 saturated heterocycles. The van der Waals surface area contributed by atoms with Crippen molar-refractivity contribution in [2.75, 3.05) is 13.6 Å². The van der Waals surface area contributed by atoms with Gasteiger partial charge in [0.05, 0.1) is 5.92 Å². The van der Waals surface area contributed by atoms with Crippen LogP contribution in [0.5, 0.6) is 0 Å². The quantitative estimate of drug-likeness (QED) is 0.755. The second-order valence-electron chi connectivity index (χ2n) is 6.93. The number of rotatable bonds is 8. The maximum atomic E-state index is 12.7. The van der Waals surface area contributed by atoms with E-state index in [-0.39, 0.29) is 24.3 Å². The van der Waals surface area contributed by atoms with Crippen LogP contribution >= 0.6 is 0 Å². The lowest BCUT2D eigenvalue weighted by molar-refractivity contribution is -0.143. The number of likely N-dealkylation sites (N-methyl/N-ethyl adjacent to an activating group) is 1. The first-order valence-electron chi connectivity index (χ1n) is 8.47. The van der Waals surface area contributed by atoms with E-state index in [1.165, 1.54) is 4.90 Å². The van der Waals surface area contributed by atoms with Crippen LogP contribution in [0, 0.1) is 18.8 Å². The van der Waals surface area contributed by atoms with Gasteiger partial charge in [-0.05, 0) is 30.9 Å². The number of nitrogens with one attached hydrogen (secondary N) is 1. The third-order valence-corrected chi connectivity index (χ3v) is 4.05. The van der Waals surface area contributed by atoms with Crippen LogP contribution in [0.15, 0.2) is 24.3 Å². The monoisotopic (exact) mass is 348 g/mol. The van der Waals surface area contributed by atoms with Gasteiger partial charge in [0.1, 0.15) is 6.04 Å². The molecule has 0 aromatic heterocycles. The number of nitrogens with zero attached hydrogens (tertiary/aromatic N) is 1. The molecule has 0 bridgehead atoms. The van der Waals surface area contributed by atoms with Crippen LogP contribution in [0.1, 0.15) is 43.1 Å². The number of carboxylic acids is 1. The number of carbonyl (C=O) groups is 3. The molecule has 2 amide bonds. The molecule has 0 aliphatic rings. The van der Waals surface area contributed by atoms with Gasteiger partial charge in [0.25, 0.3) is 5.91 Å². The molecule has 6 nitrogen and oxygen atoms in total. The Morgan fingerprint density at radius 1 is 1.16 bits per heavy atom. The smallest absolute Gasteiger partial charge is 0.308 e. The standard InChI is InChI=1S/C19H28N2O4/c1-12(2)10-16(18(23)21(5)11-14(4)19(24)25)20-17(22)15-9-7-6-8-13(15)3/h6-9,12,14,16H,10-11H2,1-5H3,(H,20,22)(H,24,25). The normalized spacial score (nSPS) is 13.2. The van der Waals surface area contributed by atoms with Crippen molar-refractivity contribution in [2.45, 2.75) is 40.2 Å². The Hall–Kier alpha value is -2.37. The van der Waals surface area contributed by atoms with Crippen molar-refractivity contribution in [3.8, 4) is 0 Å². The summed E-state index contributed by atoms with van der Waals surface area (Å²) in [5.41, 5.74) is 1.37. The first kappa shape index (κ1) is 20.7. The van der Waals surface area contributed by atoms with Gasteiger partial charge in [0.15, 0.2) is 0 Å². The van der Waals surface area contributed by atoms with Gasteiger partial charge in [-0.1, -0.05) is 39.0 Å². The van der Waals surface area contributed by atoms with E-state index in [0.717, 1.165) is 5.56 Å². The Morgan fingerprint density at radius 3 is 2.28 bits per heavy atom. The molecule has 2 unspecified atom stereocenters. The summed E-state index contributed by atoms with van der Waals surface area (Å²) in [6.07, 6.45) is 0.488. The zero-order chi connectivity index (χ0) is 19.1. The minimum absolute atomic E-state index is 0.100. The van der Waals surface area contributed by atoms with Gasteiger partial charge >= 0.3 is 5.97 Å². The molecule has 0 aliphatic carbocycles. The molecular formula is C19H28N2O4. The van der Waals surface area contributed by atoms with E-state index in [1.54, 1.807) is 26.1 Å². The first-order chi connectivity index (χ1) is 11.6. The summed E-state index contributed by atoms with van der Waals surface area (Å²) in [7, 11) is 1.56. The summed E-state index contributed by atoms with van der Waals surface area (Å²) in [6.45, 7) is 7.44. The zero-order valence-electron chi connectivity index (χ0n) is 15.6. The van der Waals surface area contributed by atoms with Crippen molar-refractivity contribution >= 4 is 17.8 Å². The van der Waals surface area contributed by atoms with Crippen LogP contribution in [0.25, 0.3) is 0 Å². The molecule has 25 heavy (non-hydrogen) atoms. The highest BCUT2D eigenvalue weighted by molar-refractivity contribution is 5.98. The van der Waals surface area contributed by atoms with Gasteiger partial charge in [-0.3, -0.25) is 14.4 Å². The zero-order valence-corrected chi connectivity index (χ0v) is 15.6. The van der Waals surface area contributed by atoms with Crippen LogP contribution in [0.3, 0.4) is 0 Å². The molecule has 2 atom stereocenters. The molecule has 6 heteroatoms. The number of hydrogen-bond acceptors (Lipinski definition) is 3. The lowest BCUT2D eigenvalue weighted by Gasteiger charge is -2.27. The highest BCUT2D eigenvalue weighted by Crippen LogP contribution is 2.12. The summed E-state index contributed by atoms with van der Waals surface area (Å²) in [5.74, 6) is -1.98. The summed E-state index contributed by atoms with van der Waals surface area (Å²) in [6, 6.07) is 6.51. The highest BCUT2D eigenvalue weighted by atomic mass is 16.4. The fourth-order valence-corrected chi connectivity index (χ4v) is 2.60. The van der Waals surface area contributed by atoms with Crippen LogP contribution in [0.2, 0.25) is 0 Å². The molecule has 0 fully saturated rings. The Bertz CT molecular complexity index is 628. The average molecular weight is 348 g/mol. The van der Waals surface area contributed by atoms with Crippen molar-refractivity contribution in [1.82, 2.24) is 10.2 Å². The summed E-state index contributed by atoms with van der Waals surface area (Å²) in [4.78, 5) is 37.6. The Kier molecular flexibility index (Phi) is 7.61. The molecule has 1 aromatic carbocycles. The minimum atomic E-state index is -0.955. The van der Waals surface area contributed by atoms with Crippen molar-refractivity contribution < 1.29 is 19.5 Å². The third-order valence-electron chi connectivity index (χ3n) is 4.05. The molecule has 2 N–H and O–H groups in total. The van der Waals surface area contributed by atoms with E-state index in [1.807, 2.05) is 32.9 Å². The van der Waals surface area contributed by atoms with Crippen LogP contribution in [0.4, 0.5) is 0 Å². The summed E-state index contributed by atoms with van der Waals surface area (Å²) in [5, 5.41) is 11.8. The number of benzene rings is 1. The predicted molar refractivity (Wildman–Crippen MR) is 96.3 cm³/mol. The second-order valence-corrected chi connectivity index (χ2v) is 6.93. The SMILES string of the molecule is Cc1ccccc1C(=O)NC(CC(C)C)C(=O)N(C)CC(C)C(=O)O. The van der Waals surface area contributed by atoms with Crippen molar-refractivity contribution in [2.24, 2.45) is 11.8 Å². The largest absolute Gasteiger partial charge is 0.481 e. The van der Waals surface area contributed by atoms with Gasteiger partial charge < -0.3 is 15.3 Å². The first-order valence-corrected chi connectivity index (χ1v) is 8.47. The molecule has 138 valence electrons. The van der Waals surface area contributed by atoms with Crippen LogP contribution in [-0.2, 0) is 9.59 Å². The molecule has 0 radical (unpaired) electrons. The Labute approximate surface area is 149 Å². The van der Waals surface area contributed by atoms with Gasteiger partial charge in [-0.2, -0.15) is 0 Å². The minimum Gasteiger partial charge on any atom is -0.481 e. The van der Waals surface area contributed by atoms with E-state index in [9.17, 15) is 14.4 Å². The molecule has 0 spiro atoms. The predicted octanol–water partition coefficient (Wildman–Crippen LogP) is 2.32. The molecule has 0 saturated carbocycles. The third kappa shape index (κ3) is 6.21. The number of amides is 2. The van der Waals surface area contributed by atoms with Crippen LogP contribution in [-0.4, -0.2) is 47.4 Å². The average Bonchev–Trinajstić information content (AvgIpc) is 2.53. The van der Waals surface area contributed by atoms with E-state index >= 15 is 0 Å². The van der Waals surface area contributed by atoms with Crippen molar-refractivity contribution in [1.29, 1.82) is 0 Å². The highest BCUT2D eigenvalue weighted by Gasteiger charge is 2.27. The maximum Gasteiger partial charge on any atom is 0.308 e. The van der Waals surface area contributed by atoms with E-state index in [2.05, 4.69) is 5.32 Å². The Morgan fingerprint density at radius 2 is 1.76 bits per heavy atom. The fourth-order valence-electron chi connectivity index (χ4n) is 2.60. The molecule has 0 aliphatic heterocycles. The van der Waals surface area contributed by atoms with Gasteiger partial charge in [0.2, 0.25) is 5.91 Å². The van der Waals surface area contributed by atoms with Crippen molar-refractivity contribution in [3.05, 3.63) is 35.4 Å². The van der Waals surface area contributed by atoms with Crippen molar-refractivity contribution in [3.63, 3.8) is 0 Å². The van der Waals surface area contributed by atoms with E-state index in [4.69, 9.17) is 5.11 Å². The summed E-state index contributed by atoms with van der Waals surface area (Å²) >= 11 is 0. The topological polar surface area (TPSA) is 86.7 Å². The van der Waals surface area contributed by atoms with E-state index < -0.39 is 17.9 Å². The summed E-state index contributed by atoms with van der Waals surface area (Å²) < 4.78 is 0. The molecular weight excluding hydrogens is 320 g/mol. The van der Waals surface area contributed by atoms with E-state index in [0.29, 0.717) is 12.0 Å². The second kappa shape index (κ2) is 9.20. The number of carboxylic acid groups (broad SMARTS) is 1.